The highest BCUT2D eigenvalue weighted by molar-refractivity contribution is 7.91. The van der Waals surface area contributed by atoms with E-state index in [1.54, 1.807) is 19.1 Å². The maximum Gasteiger partial charge on any atom is 0.226 e. The summed E-state index contributed by atoms with van der Waals surface area (Å²) in [6.45, 7) is 1.28. The number of aliphatic hydroxyl groups is 1. The molecule has 0 spiro atoms. The van der Waals surface area contributed by atoms with Gasteiger partial charge in [0.1, 0.15) is 5.82 Å². The van der Waals surface area contributed by atoms with E-state index in [2.05, 4.69) is 10.1 Å². The molecule has 0 atom stereocenters. The first-order chi connectivity index (χ1) is 10.4. The fourth-order valence-corrected chi connectivity index (χ4v) is 2.96. The number of halogens is 1. The van der Waals surface area contributed by atoms with Gasteiger partial charge in [0, 0.05) is 12.0 Å². The molecule has 22 heavy (non-hydrogen) atoms. The van der Waals surface area contributed by atoms with Gasteiger partial charge in [-0.15, -0.1) is 0 Å². The first kappa shape index (κ1) is 16.6. The Morgan fingerprint density at radius 3 is 2.77 bits per heavy atom. The number of aliphatic hydroxyl groups excluding tert-OH is 1. The molecule has 8 heteroatoms. The summed E-state index contributed by atoms with van der Waals surface area (Å²) in [5.41, 5.74) is 1.03. The van der Waals surface area contributed by atoms with Gasteiger partial charge in [-0.2, -0.15) is 4.98 Å². The van der Waals surface area contributed by atoms with Gasteiger partial charge in [0.15, 0.2) is 9.84 Å². The maximum absolute atomic E-state index is 13.5. The number of sulfone groups is 1. The second-order valence-electron chi connectivity index (χ2n) is 4.95. The average Bonchev–Trinajstić information content (AvgIpc) is 2.90. The number of aromatic nitrogens is 2. The molecule has 0 amide bonds. The van der Waals surface area contributed by atoms with Crippen LogP contribution in [-0.4, -0.2) is 41.8 Å². The van der Waals surface area contributed by atoms with Crippen molar-refractivity contribution < 1.29 is 22.4 Å². The third-order valence-corrected chi connectivity index (χ3v) is 4.86. The molecule has 1 aromatic heterocycles. The number of aryl methyl sites for hydroxylation is 2. The molecule has 2 aromatic rings. The van der Waals surface area contributed by atoms with Crippen molar-refractivity contribution in [1.82, 2.24) is 10.1 Å². The Labute approximate surface area is 127 Å². The van der Waals surface area contributed by atoms with Crippen molar-refractivity contribution in [3.63, 3.8) is 0 Å². The van der Waals surface area contributed by atoms with Gasteiger partial charge in [-0.05, 0) is 25.0 Å². The Balaban J connectivity index is 1.98. The van der Waals surface area contributed by atoms with E-state index in [4.69, 9.17) is 9.63 Å². The zero-order valence-electron chi connectivity index (χ0n) is 12.1. The van der Waals surface area contributed by atoms with Crippen LogP contribution >= 0.6 is 0 Å². The lowest BCUT2D eigenvalue weighted by Gasteiger charge is -1.99. The zero-order valence-corrected chi connectivity index (χ0v) is 12.9. The molecule has 120 valence electrons. The van der Waals surface area contributed by atoms with Gasteiger partial charge in [-0.1, -0.05) is 17.3 Å². The fourth-order valence-electron chi connectivity index (χ4n) is 1.89. The lowest BCUT2D eigenvalue weighted by molar-refractivity contribution is 0.319. The molecular weight excluding hydrogens is 311 g/mol. The summed E-state index contributed by atoms with van der Waals surface area (Å²) in [5, 5.41) is 12.4. The summed E-state index contributed by atoms with van der Waals surface area (Å²) in [6.07, 6.45) is 0.637. The van der Waals surface area contributed by atoms with Gasteiger partial charge in [0.05, 0.1) is 18.1 Å². The first-order valence-corrected chi connectivity index (χ1v) is 8.64. The van der Waals surface area contributed by atoms with Crippen LogP contribution in [0.25, 0.3) is 11.4 Å². The highest BCUT2D eigenvalue weighted by Crippen LogP contribution is 2.19. The first-order valence-electron chi connectivity index (χ1n) is 6.81. The van der Waals surface area contributed by atoms with Crippen LogP contribution in [0.3, 0.4) is 0 Å². The standard InChI is InChI=1S/C14H17FN2O4S/c1-10-4-5-11(9-12(10)15)14-16-13(21-17-14)3-2-7-22(19,20)8-6-18/h4-5,9,18H,2-3,6-8H2,1H3. The van der Waals surface area contributed by atoms with Crippen LogP contribution in [0.5, 0.6) is 0 Å². The molecule has 1 heterocycles. The van der Waals surface area contributed by atoms with Gasteiger partial charge >= 0.3 is 0 Å². The fraction of sp³-hybridized carbons (Fsp3) is 0.429. The van der Waals surface area contributed by atoms with Crippen molar-refractivity contribution >= 4 is 9.84 Å². The van der Waals surface area contributed by atoms with Gasteiger partial charge in [-0.25, -0.2) is 12.8 Å². The predicted molar refractivity (Wildman–Crippen MR) is 78.5 cm³/mol. The molecule has 1 aromatic carbocycles. The van der Waals surface area contributed by atoms with E-state index in [-0.39, 0.29) is 29.8 Å². The van der Waals surface area contributed by atoms with Crippen LogP contribution in [-0.2, 0) is 16.3 Å². The van der Waals surface area contributed by atoms with E-state index in [9.17, 15) is 12.8 Å². The minimum Gasteiger partial charge on any atom is -0.395 e. The van der Waals surface area contributed by atoms with E-state index < -0.39 is 9.84 Å². The smallest absolute Gasteiger partial charge is 0.226 e. The number of benzene rings is 1. The van der Waals surface area contributed by atoms with Gasteiger partial charge in [0.2, 0.25) is 11.7 Å². The average molecular weight is 328 g/mol. The molecule has 0 bridgehead atoms. The second-order valence-corrected chi connectivity index (χ2v) is 7.26. The maximum atomic E-state index is 13.5. The van der Waals surface area contributed by atoms with E-state index in [1.165, 1.54) is 6.07 Å². The van der Waals surface area contributed by atoms with Crippen LogP contribution in [0.2, 0.25) is 0 Å². The third-order valence-electron chi connectivity index (χ3n) is 3.15. The lowest BCUT2D eigenvalue weighted by atomic mass is 10.1. The summed E-state index contributed by atoms with van der Waals surface area (Å²) in [7, 11) is -3.25. The van der Waals surface area contributed by atoms with E-state index in [0.29, 0.717) is 29.9 Å². The Morgan fingerprint density at radius 2 is 2.09 bits per heavy atom. The lowest BCUT2D eigenvalue weighted by Crippen LogP contribution is -2.14. The van der Waals surface area contributed by atoms with Gasteiger partial charge in [0.25, 0.3) is 0 Å². The van der Waals surface area contributed by atoms with Crippen molar-refractivity contribution in [2.24, 2.45) is 0 Å². The Bertz CT molecular complexity index is 743. The van der Waals surface area contributed by atoms with Crippen LogP contribution < -0.4 is 0 Å². The van der Waals surface area contributed by atoms with Crippen LogP contribution in [0.1, 0.15) is 17.9 Å². The highest BCUT2D eigenvalue weighted by atomic mass is 32.2. The van der Waals surface area contributed by atoms with Crippen LogP contribution in [0, 0.1) is 12.7 Å². The largest absolute Gasteiger partial charge is 0.395 e. The molecule has 0 fully saturated rings. The summed E-state index contributed by atoms with van der Waals surface area (Å²) < 4.78 is 41.4. The summed E-state index contributed by atoms with van der Waals surface area (Å²) >= 11 is 0. The topological polar surface area (TPSA) is 93.3 Å². The Kier molecular flexibility index (Phi) is 5.25. The van der Waals surface area contributed by atoms with E-state index >= 15 is 0 Å². The van der Waals surface area contributed by atoms with Crippen molar-refractivity contribution in [1.29, 1.82) is 0 Å². The minimum absolute atomic E-state index is 0.0512. The highest BCUT2D eigenvalue weighted by Gasteiger charge is 2.13. The SMILES string of the molecule is Cc1ccc(-c2noc(CCCS(=O)(=O)CCO)n2)cc1F. The Morgan fingerprint density at radius 1 is 1.32 bits per heavy atom. The summed E-state index contributed by atoms with van der Waals surface area (Å²) in [6, 6.07) is 4.65. The number of hydrogen-bond acceptors (Lipinski definition) is 6. The molecule has 0 saturated carbocycles. The minimum atomic E-state index is -3.25. The summed E-state index contributed by atoms with van der Waals surface area (Å²) in [4.78, 5) is 4.13. The van der Waals surface area contributed by atoms with Crippen LogP contribution in [0.15, 0.2) is 22.7 Å². The molecule has 0 aliphatic heterocycles. The molecule has 0 saturated heterocycles. The number of hydrogen-bond donors (Lipinski definition) is 1. The number of rotatable bonds is 7. The molecule has 1 N–H and O–H groups in total. The van der Waals surface area contributed by atoms with Crippen molar-refractivity contribution in [2.75, 3.05) is 18.1 Å². The quantitative estimate of drug-likeness (QED) is 0.828. The van der Waals surface area contributed by atoms with Crippen molar-refractivity contribution in [3.05, 3.63) is 35.5 Å². The normalized spacial score (nSPS) is 11.8. The molecule has 0 aliphatic carbocycles. The Hall–Kier alpha value is -1.80. The summed E-state index contributed by atoms with van der Waals surface area (Å²) in [5.74, 6) is -0.0731. The van der Waals surface area contributed by atoms with Crippen molar-refractivity contribution in [3.8, 4) is 11.4 Å². The molecule has 0 radical (unpaired) electrons. The molecule has 0 aliphatic rings. The predicted octanol–water partition coefficient (Wildman–Crippen LogP) is 1.52. The number of nitrogens with zero attached hydrogens (tertiary/aromatic N) is 2. The van der Waals surface area contributed by atoms with E-state index in [0.717, 1.165) is 0 Å². The van der Waals surface area contributed by atoms with Crippen LogP contribution in [0.4, 0.5) is 4.39 Å². The van der Waals surface area contributed by atoms with E-state index in [1.807, 2.05) is 0 Å². The van der Waals surface area contributed by atoms with Gasteiger partial charge in [-0.3, -0.25) is 0 Å². The molecule has 2 rings (SSSR count). The second kappa shape index (κ2) is 6.97. The molecule has 0 unspecified atom stereocenters. The monoisotopic (exact) mass is 328 g/mol. The van der Waals surface area contributed by atoms with Crippen molar-refractivity contribution in [2.45, 2.75) is 19.8 Å². The zero-order chi connectivity index (χ0) is 16.2. The molecular formula is C14H17FN2O4S. The third kappa shape index (κ3) is 4.35. The van der Waals surface area contributed by atoms with Gasteiger partial charge < -0.3 is 9.63 Å². The molecule has 6 nitrogen and oxygen atoms in total.